The molecule has 1 aliphatic heterocycles. The van der Waals surface area contributed by atoms with Gasteiger partial charge in [-0.15, -0.1) is 0 Å². The minimum absolute atomic E-state index is 0.113. The van der Waals surface area contributed by atoms with Crippen molar-refractivity contribution in [2.24, 2.45) is 0 Å². The van der Waals surface area contributed by atoms with E-state index in [1.807, 2.05) is 67.8 Å². The summed E-state index contributed by atoms with van der Waals surface area (Å²) in [7, 11) is 0. The van der Waals surface area contributed by atoms with Gasteiger partial charge in [-0.2, -0.15) is 0 Å². The lowest BCUT2D eigenvalue weighted by molar-refractivity contribution is -0.119. The van der Waals surface area contributed by atoms with Crippen molar-refractivity contribution in [2.45, 2.75) is 31.3 Å². The first kappa shape index (κ1) is 27.9. The number of carbonyl (C=O) groups is 3. The highest BCUT2D eigenvalue weighted by Crippen LogP contribution is 2.39. The summed E-state index contributed by atoms with van der Waals surface area (Å²) in [6.07, 6.45) is 1.90. The Morgan fingerprint density at radius 3 is 1.62 bits per heavy atom. The topological polar surface area (TPSA) is 159 Å². The van der Waals surface area contributed by atoms with Crippen LogP contribution in [0.4, 0.5) is 5.69 Å². The van der Waals surface area contributed by atoms with Gasteiger partial charge in [-0.05, 0) is 80.6 Å². The molecule has 0 atom stereocenters. The molecule has 32 heavy (non-hydrogen) atoms. The normalized spacial score (nSPS) is 14.3. The average Bonchev–Trinajstić information content (AvgIpc) is 2.76. The minimum Gasteiger partial charge on any atom is -0.394 e. The molecule has 1 aromatic carbocycles. The number of nitrogens with one attached hydrogen (secondary N) is 2. The maximum absolute atomic E-state index is 13.1. The summed E-state index contributed by atoms with van der Waals surface area (Å²) < 4.78 is 1.25. The number of aliphatic hydroxyl groups excluding tert-OH is 4. The number of halogens is 3. The second kappa shape index (κ2) is 12.9. The third-order valence-corrected chi connectivity index (χ3v) is 8.07. The lowest BCUT2D eigenvalue weighted by Gasteiger charge is -2.31. The van der Waals surface area contributed by atoms with Crippen molar-refractivity contribution in [3.63, 3.8) is 0 Å². The molecule has 1 aliphatic rings. The van der Waals surface area contributed by atoms with Gasteiger partial charge in [-0.3, -0.25) is 14.4 Å². The first-order valence-electron chi connectivity index (χ1n) is 9.77. The van der Waals surface area contributed by atoms with E-state index in [1.54, 1.807) is 4.90 Å². The van der Waals surface area contributed by atoms with E-state index >= 15 is 0 Å². The molecular formula is C19H24I3N3O7. The molecule has 0 saturated carbocycles. The smallest absolute Gasteiger partial charge is 0.253 e. The quantitative estimate of drug-likeness (QED) is 0.195. The fraction of sp³-hybridized carbons (Fsp3) is 0.526. The molecule has 2 rings (SSSR count). The highest BCUT2D eigenvalue weighted by molar-refractivity contribution is 14.1. The number of hydrogen-bond acceptors (Lipinski definition) is 7. The van der Waals surface area contributed by atoms with E-state index in [0.717, 1.165) is 12.8 Å². The lowest BCUT2D eigenvalue weighted by Crippen LogP contribution is -2.43. The Balaban J connectivity index is 2.69. The minimum atomic E-state index is -0.890. The van der Waals surface area contributed by atoms with Gasteiger partial charge < -0.3 is 36.0 Å². The fourth-order valence-electron chi connectivity index (χ4n) is 3.14. The molecule has 0 unspecified atom stereocenters. The molecular weight excluding hydrogens is 763 g/mol. The van der Waals surface area contributed by atoms with E-state index in [-0.39, 0.29) is 17.0 Å². The molecule has 0 aliphatic carbocycles. The second-order valence-electron chi connectivity index (χ2n) is 7.11. The van der Waals surface area contributed by atoms with Crippen LogP contribution >= 0.6 is 67.8 Å². The van der Waals surface area contributed by atoms with Gasteiger partial charge in [0.15, 0.2) is 0 Å². The van der Waals surface area contributed by atoms with Crippen LogP contribution in [0.3, 0.4) is 0 Å². The highest BCUT2D eigenvalue weighted by Gasteiger charge is 2.33. The Kier molecular flexibility index (Phi) is 11.3. The monoisotopic (exact) mass is 787 g/mol. The van der Waals surface area contributed by atoms with Crippen molar-refractivity contribution < 1.29 is 34.8 Å². The summed E-state index contributed by atoms with van der Waals surface area (Å²) in [4.78, 5) is 40.4. The van der Waals surface area contributed by atoms with E-state index in [9.17, 15) is 34.8 Å². The standard InChI is InChI=1S/C19H24I3N3O7/c20-14-12(18(31)23-9(5-26)6-27)15(21)17(25-4-2-1-3-11(25)30)16(22)13(14)19(32)24-10(7-28)8-29/h9-10,26-29H,1-8H2,(H,23,31)(H,24,32). The fourth-order valence-corrected chi connectivity index (χ4v) is 7.87. The average molecular weight is 787 g/mol. The molecule has 1 heterocycles. The van der Waals surface area contributed by atoms with Gasteiger partial charge in [0.2, 0.25) is 5.91 Å². The van der Waals surface area contributed by atoms with Crippen molar-refractivity contribution in [2.75, 3.05) is 37.9 Å². The number of nitrogens with zero attached hydrogens (tertiary/aromatic N) is 1. The Bertz CT molecular complexity index is 823. The number of amides is 3. The van der Waals surface area contributed by atoms with Crippen LogP contribution in [0.15, 0.2) is 0 Å². The SMILES string of the molecule is O=C(NC(CO)CO)c1c(I)c(C(=O)NC(CO)CO)c(I)c(N2CCCCC2=O)c1I. The number of aliphatic hydroxyl groups is 4. The molecule has 1 saturated heterocycles. The molecule has 10 nitrogen and oxygen atoms in total. The van der Waals surface area contributed by atoms with E-state index < -0.39 is 50.3 Å². The summed E-state index contributed by atoms with van der Waals surface area (Å²) in [5, 5.41) is 42.5. The van der Waals surface area contributed by atoms with Crippen LogP contribution in [0.2, 0.25) is 0 Å². The Morgan fingerprint density at radius 2 is 1.25 bits per heavy atom. The second-order valence-corrected chi connectivity index (χ2v) is 10.4. The summed E-state index contributed by atoms with van der Waals surface area (Å²) in [5.41, 5.74) is 0.726. The van der Waals surface area contributed by atoms with Gasteiger partial charge in [-0.1, -0.05) is 0 Å². The molecule has 0 radical (unpaired) electrons. The Morgan fingerprint density at radius 1 is 0.812 bits per heavy atom. The van der Waals surface area contributed by atoms with E-state index in [4.69, 9.17) is 0 Å². The molecule has 0 aromatic heterocycles. The van der Waals surface area contributed by atoms with Crippen molar-refractivity contribution in [3.05, 3.63) is 21.8 Å². The zero-order valence-electron chi connectivity index (χ0n) is 16.9. The van der Waals surface area contributed by atoms with Crippen LogP contribution in [0.1, 0.15) is 40.0 Å². The van der Waals surface area contributed by atoms with Gasteiger partial charge in [0, 0.05) is 16.5 Å². The van der Waals surface area contributed by atoms with Crippen LogP contribution in [-0.4, -0.2) is 83.2 Å². The maximum atomic E-state index is 13.1. The van der Waals surface area contributed by atoms with Crippen molar-refractivity contribution in [3.8, 4) is 0 Å². The number of anilines is 1. The van der Waals surface area contributed by atoms with E-state index in [2.05, 4.69) is 10.6 Å². The maximum Gasteiger partial charge on any atom is 0.253 e. The van der Waals surface area contributed by atoms with Gasteiger partial charge in [-0.25, -0.2) is 0 Å². The lowest BCUT2D eigenvalue weighted by atomic mass is 10.0. The number of carbonyl (C=O) groups excluding carboxylic acids is 3. The first-order chi connectivity index (χ1) is 15.2. The third-order valence-electron chi connectivity index (χ3n) is 4.89. The predicted molar refractivity (Wildman–Crippen MR) is 142 cm³/mol. The predicted octanol–water partition coefficient (Wildman–Crippen LogP) is 0.183. The molecule has 3 amide bonds. The van der Waals surface area contributed by atoms with Crippen molar-refractivity contribution in [1.29, 1.82) is 0 Å². The number of benzene rings is 1. The molecule has 1 aromatic rings. The van der Waals surface area contributed by atoms with Crippen molar-refractivity contribution in [1.82, 2.24) is 10.6 Å². The molecule has 6 N–H and O–H groups in total. The van der Waals surface area contributed by atoms with Gasteiger partial charge in [0.1, 0.15) is 0 Å². The van der Waals surface area contributed by atoms with E-state index in [0.29, 0.717) is 29.4 Å². The molecule has 1 fully saturated rings. The summed E-state index contributed by atoms with van der Waals surface area (Å²) in [6.45, 7) is -1.45. The Hall–Kier alpha value is -0.340. The zero-order valence-corrected chi connectivity index (χ0v) is 23.4. The van der Waals surface area contributed by atoms with Crippen LogP contribution in [0.25, 0.3) is 0 Å². The van der Waals surface area contributed by atoms with Crippen LogP contribution in [0.5, 0.6) is 0 Å². The van der Waals surface area contributed by atoms with Gasteiger partial charge in [0.05, 0.1) is 62.5 Å². The van der Waals surface area contributed by atoms with Gasteiger partial charge >= 0.3 is 0 Å². The van der Waals surface area contributed by atoms with Crippen LogP contribution in [0, 0.1) is 10.7 Å². The molecule has 178 valence electrons. The highest BCUT2D eigenvalue weighted by atomic mass is 127. The third kappa shape index (κ3) is 6.21. The summed E-state index contributed by atoms with van der Waals surface area (Å²) >= 11 is 5.81. The largest absolute Gasteiger partial charge is 0.394 e. The number of piperidine rings is 1. The van der Waals surface area contributed by atoms with E-state index in [1.165, 1.54) is 0 Å². The zero-order chi connectivity index (χ0) is 24.0. The first-order valence-corrected chi connectivity index (χ1v) is 13.0. The van der Waals surface area contributed by atoms with Crippen molar-refractivity contribution >= 4 is 91.2 Å². The number of hydrogen-bond donors (Lipinski definition) is 6. The molecule has 13 heteroatoms. The van der Waals surface area contributed by atoms with Gasteiger partial charge in [0.25, 0.3) is 11.8 Å². The summed E-state index contributed by atoms with van der Waals surface area (Å²) in [6, 6.07) is -1.78. The molecule has 0 bridgehead atoms. The van der Waals surface area contributed by atoms with Crippen LogP contribution < -0.4 is 15.5 Å². The Labute approximate surface area is 225 Å². The molecule has 0 spiro atoms. The summed E-state index contributed by atoms with van der Waals surface area (Å²) in [5.74, 6) is -1.33. The van der Waals surface area contributed by atoms with Crippen LogP contribution in [-0.2, 0) is 4.79 Å². The number of rotatable bonds is 9.